The highest BCUT2D eigenvalue weighted by Gasteiger charge is 2.21. The summed E-state index contributed by atoms with van der Waals surface area (Å²) in [5, 5.41) is 14.7. The Kier molecular flexibility index (Phi) is 6.56. The van der Waals surface area contributed by atoms with Crippen LogP contribution in [0.1, 0.15) is 44.6 Å². The monoisotopic (exact) mass is 461 g/mol. The Morgan fingerprint density at radius 1 is 1.07 bits per heavy atom. The summed E-state index contributed by atoms with van der Waals surface area (Å²) in [6.07, 6.45) is 6.86. The van der Waals surface area contributed by atoms with Crippen LogP contribution in [0, 0.1) is 10.1 Å². The molecule has 2 aromatic carbocycles. The zero-order chi connectivity index (χ0) is 21.1. The number of nitro groups is 1. The van der Waals surface area contributed by atoms with Crippen LogP contribution in [-0.2, 0) is 0 Å². The molecule has 1 aliphatic carbocycles. The van der Waals surface area contributed by atoms with E-state index in [0.29, 0.717) is 15.7 Å². The van der Waals surface area contributed by atoms with Gasteiger partial charge >= 0.3 is 0 Å². The molecule has 0 spiro atoms. The summed E-state index contributed by atoms with van der Waals surface area (Å²) >= 11 is 14.3. The first kappa shape index (κ1) is 21.1. The van der Waals surface area contributed by atoms with E-state index in [1.54, 1.807) is 30.3 Å². The molecule has 1 aromatic heterocycles. The van der Waals surface area contributed by atoms with Crippen LogP contribution in [0.2, 0.25) is 10.0 Å². The maximum absolute atomic E-state index is 11.5. The van der Waals surface area contributed by atoms with Gasteiger partial charge in [0.2, 0.25) is 0 Å². The number of hydrogen-bond acceptors (Lipinski definition) is 4. The van der Waals surface area contributed by atoms with E-state index in [1.807, 2.05) is 11.4 Å². The van der Waals surface area contributed by atoms with Gasteiger partial charge in [-0.05, 0) is 37.1 Å². The molecule has 0 saturated heterocycles. The molecule has 0 aliphatic heterocycles. The van der Waals surface area contributed by atoms with Gasteiger partial charge in [0, 0.05) is 28.1 Å². The highest BCUT2D eigenvalue weighted by molar-refractivity contribution is 7.07. The van der Waals surface area contributed by atoms with Crippen LogP contribution < -0.4 is 4.80 Å². The summed E-state index contributed by atoms with van der Waals surface area (Å²) in [6.45, 7) is 0. The van der Waals surface area contributed by atoms with Gasteiger partial charge in [-0.1, -0.05) is 61.0 Å². The van der Waals surface area contributed by atoms with Crippen molar-refractivity contribution in [3.8, 4) is 11.3 Å². The minimum absolute atomic E-state index is 0.000606. The summed E-state index contributed by atoms with van der Waals surface area (Å²) in [6, 6.07) is 12.3. The molecule has 30 heavy (non-hydrogen) atoms. The van der Waals surface area contributed by atoms with E-state index in [4.69, 9.17) is 28.2 Å². The molecule has 0 radical (unpaired) electrons. The van der Waals surface area contributed by atoms with Crippen LogP contribution in [0.15, 0.2) is 52.8 Å². The fourth-order valence-corrected chi connectivity index (χ4v) is 5.33. The number of nitro benzene ring substituents is 1. The maximum Gasteiger partial charge on any atom is 0.294 e. The molecular formula is C22H21Cl2N3O2S. The fourth-order valence-electron chi connectivity index (χ4n) is 3.98. The lowest BCUT2D eigenvalue weighted by atomic mass is 10.1. The number of thiazole rings is 1. The van der Waals surface area contributed by atoms with Crippen molar-refractivity contribution in [3.05, 3.63) is 72.8 Å². The van der Waals surface area contributed by atoms with E-state index in [-0.39, 0.29) is 11.7 Å². The van der Waals surface area contributed by atoms with Crippen molar-refractivity contribution in [2.75, 3.05) is 0 Å². The number of nitrogens with zero attached hydrogens (tertiary/aromatic N) is 3. The Balaban J connectivity index is 1.93. The largest absolute Gasteiger partial charge is 0.313 e. The molecule has 0 unspecified atom stereocenters. The molecule has 1 heterocycles. The van der Waals surface area contributed by atoms with Gasteiger partial charge in [0.25, 0.3) is 5.69 Å². The maximum atomic E-state index is 11.5. The third-order valence-electron chi connectivity index (χ3n) is 5.43. The zero-order valence-electron chi connectivity index (χ0n) is 16.3. The Morgan fingerprint density at radius 2 is 1.80 bits per heavy atom. The number of halogens is 2. The van der Waals surface area contributed by atoms with Crippen molar-refractivity contribution >= 4 is 45.9 Å². The second-order valence-electron chi connectivity index (χ2n) is 7.40. The van der Waals surface area contributed by atoms with E-state index in [1.165, 1.54) is 30.2 Å². The minimum atomic E-state index is -0.392. The number of rotatable bonds is 4. The minimum Gasteiger partial charge on any atom is -0.313 e. The van der Waals surface area contributed by atoms with Gasteiger partial charge in [0.05, 0.1) is 15.6 Å². The Labute approximate surface area is 188 Å². The number of para-hydroxylation sites is 2. The topological polar surface area (TPSA) is 60.4 Å². The first-order valence-corrected chi connectivity index (χ1v) is 11.6. The number of aromatic nitrogens is 1. The summed E-state index contributed by atoms with van der Waals surface area (Å²) in [4.78, 5) is 16.5. The molecule has 4 rings (SSSR count). The summed E-state index contributed by atoms with van der Waals surface area (Å²) in [5.74, 6) is 0. The molecular weight excluding hydrogens is 441 g/mol. The molecule has 0 N–H and O–H groups in total. The van der Waals surface area contributed by atoms with Crippen LogP contribution in [0.3, 0.4) is 0 Å². The first-order chi connectivity index (χ1) is 14.5. The van der Waals surface area contributed by atoms with Gasteiger partial charge in [0.15, 0.2) is 4.80 Å². The van der Waals surface area contributed by atoms with Crippen molar-refractivity contribution < 1.29 is 4.92 Å². The fraction of sp³-hybridized carbons (Fsp3) is 0.318. The molecule has 0 atom stereocenters. The molecule has 5 nitrogen and oxygen atoms in total. The lowest BCUT2D eigenvalue weighted by Crippen LogP contribution is -2.21. The third-order valence-corrected chi connectivity index (χ3v) is 6.83. The highest BCUT2D eigenvalue weighted by atomic mass is 35.5. The van der Waals surface area contributed by atoms with Crippen LogP contribution in [0.5, 0.6) is 0 Å². The van der Waals surface area contributed by atoms with E-state index < -0.39 is 4.92 Å². The van der Waals surface area contributed by atoms with Gasteiger partial charge in [0.1, 0.15) is 5.69 Å². The summed E-state index contributed by atoms with van der Waals surface area (Å²) in [7, 11) is 0. The number of hydrogen-bond donors (Lipinski definition) is 0. The average Bonchev–Trinajstić information content (AvgIpc) is 2.95. The van der Waals surface area contributed by atoms with E-state index >= 15 is 0 Å². The molecule has 8 heteroatoms. The van der Waals surface area contributed by atoms with Crippen molar-refractivity contribution in [1.82, 2.24) is 4.57 Å². The Bertz CT molecular complexity index is 1130. The molecule has 0 bridgehead atoms. The van der Waals surface area contributed by atoms with Crippen LogP contribution in [-0.4, -0.2) is 9.49 Å². The van der Waals surface area contributed by atoms with Crippen LogP contribution in [0.25, 0.3) is 11.3 Å². The lowest BCUT2D eigenvalue weighted by Gasteiger charge is -2.20. The van der Waals surface area contributed by atoms with Gasteiger partial charge < -0.3 is 4.57 Å². The SMILES string of the molecule is O=[N+]([O-])c1ccccc1N=c1scc(-c2cc(Cl)ccc2Cl)n1C1CCCCCC1. The molecule has 1 saturated carbocycles. The molecule has 156 valence electrons. The van der Waals surface area contributed by atoms with Gasteiger partial charge in [-0.3, -0.25) is 10.1 Å². The van der Waals surface area contributed by atoms with E-state index in [9.17, 15) is 10.1 Å². The second-order valence-corrected chi connectivity index (χ2v) is 9.08. The van der Waals surface area contributed by atoms with Crippen LogP contribution >= 0.6 is 34.5 Å². The smallest absolute Gasteiger partial charge is 0.294 e. The van der Waals surface area contributed by atoms with Gasteiger partial charge in [-0.2, -0.15) is 0 Å². The van der Waals surface area contributed by atoms with E-state index in [0.717, 1.165) is 41.7 Å². The Hall–Kier alpha value is -2.15. The molecule has 0 amide bonds. The summed E-state index contributed by atoms with van der Waals surface area (Å²) in [5.41, 5.74) is 2.17. The molecule has 1 fully saturated rings. The van der Waals surface area contributed by atoms with Crippen molar-refractivity contribution in [2.24, 2.45) is 4.99 Å². The van der Waals surface area contributed by atoms with Gasteiger partial charge in [-0.15, -0.1) is 11.3 Å². The van der Waals surface area contributed by atoms with E-state index in [2.05, 4.69) is 4.57 Å². The lowest BCUT2D eigenvalue weighted by molar-refractivity contribution is -0.384. The first-order valence-electron chi connectivity index (χ1n) is 9.98. The van der Waals surface area contributed by atoms with Crippen molar-refractivity contribution in [2.45, 2.75) is 44.6 Å². The number of benzene rings is 2. The van der Waals surface area contributed by atoms with Crippen molar-refractivity contribution in [1.29, 1.82) is 0 Å². The quantitative estimate of drug-likeness (QED) is 0.228. The second kappa shape index (κ2) is 9.33. The third kappa shape index (κ3) is 4.46. The summed E-state index contributed by atoms with van der Waals surface area (Å²) < 4.78 is 2.21. The predicted octanol–water partition coefficient (Wildman–Crippen LogP) is 7.56. The molecule has 3 aromatic rings. The normalized spacial score (nSPS) is 15.9. The predicted molar refractivity (Wildman–Crippen MR) is 123 cm³/mol. The average molecular weight is 462 g/mol. The zero-order valence-corrected chi connectivity index (χ0v) is 18.6. The van der Waals surface area contributed by atoms with Crippen LogP contribution in [0.4, 0.5) is 11.4 Å². The van der Waals surface area contributed by atoms with Gasteiger partial charge in [-0.25, -0.2) is 4.99 Å². The standard InChI is InChI=1S/C22H21Cl2N3O2S/c23-15-11-12-18(24)17(13-15)21-14-30-22(26(21)16-7-3-1-2-4-8-16)25-19-9-5-6-10-20(19)27(28)29/h5-6,9-14,16H,1-4,7-8H2. The van der Waals surface area contributed by atoms with Crippen molar-refractivity contribution in [3.63, 3.8) is 0 Å². The highest BCUT2D eigenvalue weighted by Crippen LogP contribution is 2.36. The molecule has 1 aliphatic rings. The Morgan fingerprint density at radius 3 is 2.53 bits per heavy atom.